The SMILES string of the molecule is CCNC(=NCCc1nc(C)no1)N(C)CCOCC1CC1.I. The van der Waals surface area contributed by atoms with Crippen LogP contribution in [0.3, 0.4) is 0 Å². The molecule has 0 atom stereocenters. The maximum atomic E-state index is 5.68. The zero-order chi connectivity index (χ0) is 15.8. The van der Waals surface area contributed by atoms with Crippen LogP contribution in [0.1, 0.15) is 31.5 Å². The zero-order valence-corrected chi connectivity index (χ0v) is 16.6. The van der Waals surface area contributed by atoms with Crippen molar-refractivity contribution < 1.29 is 9.26 Å². The number of nitrogens with zero attached hydrogens (tertiary/aromatic N) is 4. The Morgan fingerprint density at radius 2 is 2.26 bits per heavy atom. The van der Waals surface area contributed by atoms with Crippen LogP contribution in [0.2, 0.25) is 0 Å². The van der Waals surface area contributed by atoms with Crippen LogP contribution in [0.5, 0.6) is 0 Å². The number of halogens is 1. The summed E-state index contributed by atoms with van der Waals surface area (Å²) in [5, 5.41) is 7.07. The lowest BCUT2D eigenvalue weighted by atomic mass is 10.4. The Labute approximate surface area is 155 Å². The maximum absolute atomic E-state index is 5.68. The first-order valence-corrected chi connectivity index (χ1v) is 8.05. The van der Waals surface area contributed by atoms with E-state index in [1.807, 2.05) is 14.0 Å². The van der Waals surface area contributed by atoms with Crippen LogP contribution in [-0.2, 0) is 11.2 Å². The van der Waals surface area contributed by atoms with E-state index in [1.54, 1.807) is 0 Å². The van der Waals surface area contributed by atoms with Gasteiger partial charge in [-0.15, -0.1) is 24.0 Å². The predicted octanol–water partition coefficient (Wildman–Crippen LogP) is 1.86. The molecule has 0 radical (unpaired) electrons. The molecule has 1 saturated carbocycles. The number of aryl methyl sites for hydroxylation is 1. The fourth-order valence-electron chi connectivity index (χ4n) is 2.01. The van der Waals surface area contributed by atoms with E-state index in [1.165, 1.54) is 12.8 Å². The molecule has 23 heavy (non-hydrogen) atoms. The van der Waals surface area contributed by atoms with Crippen LogP contribution in [0.15, 0.2) is 9.52 Å². The summed E-state index contributed by atoms with van der Waals surface area (Å²) in [4.78, 5) is 10.9. The van der Waals surface area contributed by atoms with Gasteiger partial charge in [-0.1, -0.05) is 5.16 Å². The van der Waals surface area contributed by atoms with E-state index in [0.717, 1.165) is 38.2 Å². The zero-order valence-electron chi connectivity index (χ0n) is 14.2. The third-order valence-corrected chi connectivity index (χ3v) is 3.47. The normalized spacial score (nSPS) is 14.5. The van der Waals surface area contributed by atoms with Crippen molar-refractivity contribution in [1.29, 1.82) is 0 Å². The van der Waals surface area contributed by atoms with Crippen LogP contribution in [0.4, 0.5) is 0 Å². The van der Waals surface area contributed by atoms with Crippen molar-refractivity contribution >= 4 is 29.9 Å². The maximum Gasteiger partial charge on any atom is 0.228 e. The minimum absolute atomic E-state index is 0. The van der Waals surface area contributed by atoms with E-state index in [2.05, 4.69) is 32.3 Å². The molecule has 0 aliphatic heterocycles. The molecule has 1 aromatic heterocycles. The molecular weight excluding hydrogens is 409 g/mol. The van der Waals surface area contributed by atoms with Crippen molar-refractivity contribution in [2.75, 3.05) is 39.9 Å². The summed E-state index contributed by atoms with van der Waals surface area (Å²) in [5.74, 6) is 2.99. The minimum atomic E-state index is 0. The standard InChI is InChI=1S/C15H27N5O2.HI/c1-4-16-15(17-8-7-14-18-12(2)19-22-14)20(3)9-10-21-11-13-5-6-13;/h13H,4-11H2,1-3H3,(H,16,17);1H. The second kappa shape index (κ2) is 10.8. The summed E-state index contributed by atoms with van der Waals surface area (Å²) in [6, 6.07) is 0. The quantitative estimate of drug-likeness (QED) is 0.275. The van der Waals surface area contributed by atoms with Crippen molar-refractivity contribution in [3.8, 4) is 0 Å². The highest BCUT2D eigenvalue weighted by atomic mass is 127. The molecule has 0 saturated heterocycles. The van der Waals surface area contributed by atoms with Gasteiger partial charge >= 0.3 is 0 Å². The Balaban J connectivity index is 0.00000264. The Morgan fingerprint density at radius 1 is 1.48 bits per heavy atom. The van der Waals surface area contributed by atoms with Gasteiger partial charge in [0.15, 0.2) is 11.8 Å². The molecule has 1 aliphatic carbocycles. The molecule has 0 amide bonds. The largest absolute Gasteiger partial charge is 0.379 e. The molecule has 132 valence electrons. The molecule has 8 heteroatoms. The lowest BCUT2D eigenvalue weighted by Gasteiger charge is -2.21. The van der Waals surface area contributed by atoms with E-state index < -0.39 is 0 Å². The number of hydrogen-bond donors (Lipinski definition) is 1. The van der Waals surface area contributed by atoms with Crippen molar-refractivity contribution in [1.82, 2.24) is 20.4 Å². The van der Waals surface area contributed by atoms with Gasteiger partial charge in [-0.05, 0) is 32.6 Å². The summed E-state index contributed by atoms with van der Waals surface area (Å²) in [6.45, 7) is 7.81. The van der Waals surface area contributed by atoms with Gasteiger partial charge < -0.3 is 19.5 Å². The molecule has 0 spiro atoms. The third-order valence-electron chi connectivity index (χ3n) is 3.47. The molecule has 0 unspecified atom stereocenters. The summed E-state index contributed by atoms with van der Waals surface area (Å²) in [7, 11) is 2.03. The molecule has 1 N–H and O–H groups in total. The number of rotatable bonds is 9. The first kappa shape index (κ1) is 20.1. The van der Waals surface area contributed by atoms with Crippen molar-refractivity contribution in [3.05, 3.63) is 11.7 Å². The van der Waals surface area contributed by atoms with Gasteiger partial charge in [0.05, 0.1) is 13.2 Å². The number of aromatic nitrogens is 2. The van der Waals surface area contributed by atoms with Crippen LogP contribution < -0.4 is 5.32 Å². The van der Waals surface area contributed by atoms with Gasteiger partial charge in [-0.25, -0.2) is 0 Å². The van der Waals surface area contributed by atoms with Gasteiger partial charge in [0.2, 0.25) is 5.89 Å². The number of nitrogens with one attached hydrogen (secondary N) is 1. The molecule has 2 rings (SSSR count). The fourth-order valence-corrected chi connectivity index (χ4v) is 2.01. The van der Waals surface area contributed by atoms with E-state index in [9.17, 15) is 0 Å². The Morgan fingerprint density at radius 3 is 2.87 bits per heavy atom. The van der Waals surface area contributed by atoms with Crippen LogP contribution >= 0.6 is 24.0 Å². The van der Waals surface area contributed by atoms with Gasteiger partial charge in [-0.3, -0.25) is 4.99 Å². The first-order valence-electron chi connectivity index (χ1n) is 8.05. The van der Waals surface area contributed by atoms with Gasteiger partial charge in [-0.2, -0.15) is 4.98 Å². The molecule has 0 aromatic carbocycles. The van der Waals surface area contributed by atoms with Crippen LogP contribution in [-0.4, -0.2) is 60.9 Å². The third kappa shape index (κ3) is 7.96. The van der Waals surface area contributed by atoms with Crippen molar-refractivity contribution in [3.63, 3.8) is 0 Å². The minimum Gasteiger partial charge on any atom is -0.379 e. The lowest BCUT2D eigenvalue weighted by Crippen LogP contribution is -2.40. The van der Waals surface area contributed by atoms with Crippen molar-refractivity contribution in [2.24, 2.45) is 10.9 Å². The predicted molar refractivity (Wildman–Crippen MR) is 100 cm³/mol. The van der Waals surface area contributed by atoms with E-state index in [-0.39, 0.29) is 24.0 Å². The van der Waals surface area contributed by atoms with Gasteiger partial charge in [0.25, 0.3) is 0 Å². The number of likely N-dealkylation sites (N-methyl/N-ethyl adjacent to an activating group) is 1. The molecule has 1 fully saturated rings. The average molecular weight is 437 g/mol. The molecule has 1 aromatic rings. The number of hydrogen-bond acceptors (Lipinski definition) is 5. The smallest absolute Gasteiger partial charge is 0.228 e. The average Bonchev–Trinajstić information content (AvgIpc) is 3.24. The van der Waals surface area contributed by atoms with Crippen LogP contribution in [0, 0.1) is 12.8 Å². The monoisotopic (exact) mass is 437 g/mol. The van der Waals surface area contributed by atoms with Gasteiger partial charge in [0, 0.05) is 33.2 Å². The van der Waals surface area contributed by atoms with E-state index in [4.69, 9.17) is 9.26 Å². The van der Waals surface area contributed by atoms with Crippen LogP contribution in [0.25, 0.3) is 0 Å². The topological polar surface area (TPSA) is 75.8 Å². The second-order valence-corrected chi connectivity index (χ2v) is 5.66. The second-order valence-electron chi connectivity index (χ2n) is 5.66. The first-order chi connectivity index (χ1) is 10.7. The highest BCUT2D eigenvalue weighted by Gasteiger charge is 2.21. The summed E-state index contributed by atoms with van der Waals surface area (Å²) in [6.07, 6.45) is 3.31. The molecule has 1 heterocycles. The number of aliphatic imine (C=N–C) groups is 1. The molecular formula is C15H28IN5O2. The number of guanidine groups is 1. The fraction of sp³-hybridized carbons (Fsp3) is 0.800. The summed E-state index contributed by atoms with van der Waals surface area (Å²) in [5.41, 5.74) is 0. The molecule has 0 bridgehead atoms. The molecule has 1 aliphatic rings. The highest BCUT2D eigenvalue weighted by molar-refractivity contribution is 14.0. The Kier molecular flexibility index (Phi) is 9.46. The number of ether oxygens (including phenoxy) is 1. The Hall–Kier alpha value is -0.900. The summed E-state index contributed by atoms with van der Waals surface area (Å²) < 4.78 is 10.8. The highest BCUT2D eigenvalue weighted by Crippen LogP contribution is 2.28. The molecule has 7 nitrogen and oxygen atoms in total. The summed E-state index contributed by atoms with van der Waals surface area (Å²) >= 11 is 0. The van der Waals surface area contributed by atoms with E-state index in [0.29, 0.717) is 24.7 Å². The lowest BCUT2D eigenvalue weighted by molar-refractivity contribution is 0.115. The van der Waals surface area contributed by atoms with Gasteiger partial charge in [0.1, 0.15) is 0 Å². The van der Waals surface area contributed by atoms with Crippen molar-refractivity contribution in [2.45, 2.75) is 33.1 Å². The van der Waals surface area contributed by atoms with E-state index >= 15 is 0 Å². The Bertz CT molecular complexity index is 476.